The molecule has 0 saturated heterocycles. The van der Waals surface area contributed by atoms with Crippen LogP contribution in [0.15, 0.2) is 71.6 Å². The smallest absolute Gasteiger partial charge is 0.281 e. The Morgan fingerprint density at radius 2 is 1.65 bits per heavy atom. The predicted octanol–water partition coefficient (Wildman–Crippen LogP) is 5.52. The lowest BCUT2D eigenvalue weighted by Gasteiger charge is -2.08. The molecule has 1 amide bonds. The van der Waals surface area contributed by atoms with Crippen LogP contribution < -0.4 is 9.46 Å². The molecule has 31 heavy (non-hydrogen) atoms. The summed E-state index contributed by atoms with van der Waals surface area (Å²) in [6.07, 6.45) is 0. The molecule has 0 aliphatic carbocycles. The second kappa shape index (κ2) is 8.22. The first-order valence-electron chi connectivity index (χ1n) is 8.80. The van der Waals surface area contributed by atoms with E-state index in [-0.39, 0.29) is 26.5 Å². The van der Waals surface area contributed by atoms with Crippen molar-refractivity contribution in [2.24, 2.45) is 0 Å². The number of hydrogen-bond donors (Lipinski definition) is 2. The summed E-state index contributed by atoms with van der Waals surface area (Å²) in [6.45, 7) is 0. The third-order valence-electron chi connectivity index (χ3n) is 4.30. The summed E-state index contributed by atoms with van der Waals surface area (Å²) >= 11 is 11.7. The molecule has 0 aliphatic heterocycles. The fraction of sp³-hybridized carbons (Fsp3) is 0. The first kappa shape index (κ1) is 21.2. The van der Waals surface area contributed by atoms with Crippen LogP contribution in [0.3, 0.4) is 0 Å². The van der Waals surface area contributed by atoms with Gasteiger partial charge in [0.15, 0.2) is 0 Å². The maximum atomic E-state index is 13.0. The Hall–Kier alpha value is -3.07. The second-order valence-electron chi connectivity index (χ2n) is 6.50. The minimum absolute atomic E-state index is 0.0302. The number of aromatic amines is 1. The lowest BCUT2D eigenvalue weighted by atomic mass is 10.2. The predicted molar refractivity (Wildman–Crippen MR) is 116 cm³/mol. The van der Waals surface area contributed by atoms with Gasteiger partial charge >= 0.3 is 0 Å². The quantitative estimate of drug-likeness (QED) is 0.394. The third kappa shape index (κ3) is 4.66. The molecule has 6 nitrogen and oxygen atoms in total. The van der Waals surface area contributed by atoms with E-state index in [2.05, 4.69) is 4.98 Å². The van der Waals surface area contributed by atoms with Crippen molar-refractivity contribution < 1.29 is 22.3 Å². The van der Waals surface area contributed by atoms with E-state index < -0.39 is 15.9 Å². The number of benzene rings is 3. The van der Waals surface area contributed by atoms with Crippen LogP contribution in [-0.2, 0) is 10.0 Å². The van der Waals surface area contributed by atoms with E-state index in [0.717, 1.165) is 0 Å². The van der Waals surface area contributed by atoms with Crippen LogP contribution >= 0.6 is 23.2 Å². The highest BCUT2D eigenvalue weighted by atomic mass is 35.5. The Morgan fingerprint density at radius 1 is 0.935 bits per heavy atom. The van der Waals surface area contributed by atoms with Crippen LogP contribution in [-0.4, -0.2) is 19.3 Å². The fourth-order valence-electron chi connectivity index (χ4n) is 2.86. The first-order valence-corrected chi connectivity index (χ1v) is 11.0. The van der Waals surface area contributed by atoms with E-state index in [0.29, 0.717) is 22.4 Å². The number of nitrogens with one attached hydrogen (secondary N) is 2. The molecule has 1 heterocycles. The molecule has 0 bridgehead atoms. The highest BCUT2D eigenvalue weighted by Gasteiger charge is 2.22. The van der Waals surface area contributed by atoms with E-state index in [1.54, 1.807) is 18.2 Å². The standard InChI is InChI=1S/C21H13Cl2FN2O4S/c22-13-2-8-20(17(23)10-13)31(28,29)26-21(27)19-9-12-1-5-16(11-18(12)25-19)30-15-6-3-14(24)4-7-15/h1-11,25H,(H,26,27). The van der Waals surface area contributed by atoms with Gasteiger partial charge in [-0.3, -0.25) is 4.79 Å². The molecule has 3 aromatic carbocycles. The summed E-state index contributed by atoms with van der Waals surface area (Å²) in [4.78, 5) is 15.1. The molecule has 0 unspecified atom stereocenters. The summed E-state index contributed by atoms with van der Waals surface area (Å²) in [5.74, 6) is -0.342. The molecule has 158 valence electrons. The average molecular weight is 479 g/mol. The Balaban J connectivity index is 1.56. The van der Waals surface area contributed by atoms with Crippen LogP contribution in [0, 0.1) is 5.82 Å². The number of rotatable bonds is 5. The molecule has 0 saturated carbocycles. The number of halogens is 3. The van der Waals surface area contributed by atoms with E-state index in [4.69, 9.17) is 27.9 Å². The number of sulfonamides is 1. The van der Waals surface area contributed by atoms with Crippen molar-refractivity contribution in [3.63, 3.8) is 0 Å². The normalized spacial score (nSPS) is 11.5. The van der Waals surface area contributed by atoms with E-state index in [1.807, 2.05) is 4.72 Å². The summed E-state index contributed by atoms with van der Waals surface area (Å²) in [5.41, 5.74) is 0.578. The van der Waals surface area contributed by atoms with Crippen molar-refractivity contribution in [1.82, 2.24) is 9.71 Å². The summed E-state index contributed by atoms with van der Waals surface area (Å²) in [6, 6.07) is 15.9. The first-order chi connectivity index (χ1) is 14.7. The minimum atomic E-state index is -4.21. The van der Waals surface area contributed by atoms with Gasteiger partial charge in [0.2, 0.25) is 0 Å². The molecular weight excluding hydrogens is 466 g/mol. The number of aromatic nitrogens is 1. The van der Waals surface area contributed by atoms with Gasteiger partial charge in [-0.05, 0) is 60.7 Å². The molecule has 0 spiro atoms. The fourth-order valence-corrected chi connectivity index (χ4v) is 4.60. The number of amides is 1. The average Bonchev–Trinajstić information content (AvgIpc) is 3.13. The summed E-state index contributed by atoms with van der Waals surface area (Å²) in [5, 5.41) is 0.829. The van der Waals surface area contributed by atoms with Gasteiger partial charge in [0.1, 0.15) is 27.9 Å². The van der Waals surface area contributed by atoms with Gasteiger partial charge in [0.25, 0.3) is 15.9 Å². The van der Waals surface area contributed by atoms with E-state index >= 15 is 0 Å². The van der Waals surface area contributed by atoms with Gasteiger partial charge in [0.05, 0.1) is 5.02 Å². The highest BCUT2D eigenvalue weighted by molar-refractivity contribution is 7.90. The summed E-state index contributed by atoms with van der Waals surface area (Å²) in [7, 11) is -4.21. The van der Waals surface area contributed by atoms with Gasteiger partial charge in [-0.15, -0.1) is 0 Å². The molecule has 0 radical (unpaired) electrons. The molecule has 4 aromatic rings. The van der Waals surface area contributed by atoms with Crippen LogP contribution in [0.2, 0.25) is 10.0 Å². The lowest BCUT2D eigenvalue weighted by molar-refractivity contribution is 0.0977. The number of fused-ring (bicyclic) bond motifs is 1. The van der Waals surface area contributed by atoms with Crippen LogP contribution in [0.25, 0.3) is 10.9 Å². The summed E-state index contributed by atoms with van der Waals surface area (Å²) < 4.78 is 45.7. The zero-order valence-electron chi connectivity index (χ0n) is 15.5. The van der Waals surface area contributed by atoms with Crippen molar-refractivity contribution >= 4 is 50.0 Å². The minimum Gasteiger partial charge on any atom is -0.457 e. The Bertz CT molecular complexity index is 1400. The monoisotopic (exact) mass is 478 g/mol. The molecular formula is C21H13Cl2FN2O4S. The molecule has 2 N–H and O–H groups in total. The van der Waals surface area contributed by atoms with Gasteiger partial charge in [-0.2, -0.15) is 0 Å². The van der Waals surface area contributed by atoms with Crippen LogP contribution in [0.4, 0.5) is 4.39 Å². The highest BCUT2D eigenvalue weighted by Crippen LogP contribution is 2.27. The Labute approximate surface area is 186 Å². The van der Waals surface area contributed by atoms with Gasteiger partial charge in [0, 0.05) is 22.0 Å². The van der Waals surface area contributed by atoms with Crippen molar-refractivity contribution in [3.8, 4) is 11.5 Å². The molecule has 1 aromatic heterocycles. The molecule has 0 fully saturated rings. The number of carbonyl (C=O) groups excluding carboxylic acids is 1. The van der Waals surface area contributed by atoms with E-state index in [1.165, 1.54) is 48.5 Å². The SMILES string of the molecule is O=C(NS(=O)(=O)c1ccc(Cl)cc1Cl)c1cc2ccc(Oc3ccc(F)cc3)cc2[nH]1. The number of H-pyrrole nitrogens is 1. The Kier molecular flexibility index (Phi) is 5.62. The van der Waals surface area contributed by atoms with Crippen molar-refractivity contribution in [3.05, 3.63) is 88.3 Å². The maximum Gasteiger partial charge on any atom is 0.281 e. The van der Waals surface area contributed by atoms with Crippen molar-refractivity contribution in [2.45, 2.75) is 4.90 Å². The molecule has 0 atom stereocenters. The van der Waals surface area contributed by atoms with Crippen molar-refractivity contribution in [1.29, 1.82) is 0 Å². The zero-order chi connectivity index (χ0) is 22.2. The van der Waals surface area contributed by atoms with E-state index in [9.17, 15) is 17.6 Å². The van der Waals surface area contributed by atoms with Gasteiger partial charge in [-0.25, -0.2) is 17.5 Å². The van der Waals surface area contributed by atoms with Crippen LogP contribution in [0.5, 0.6) is 11.5 Å². The molecule has 10 heteroatoms. The van der Waals surface area contributed by atoms with Gasteiger partial charge in [-0.1, -0.05) is 23.2 Å². The lowest BCUT2D eigenvalue weighted by Crippen LogP contribution is -2.31. The third-order valence-corrected chi connectivity index (χ3v) is 6.35. The number of ether oxygens (including phenoxy) is 1. The van der Waals surface area contributed by atoms with Gasteiger partial charge < -0.3 is 9.72 Å². The number of hydrogen-bond acceptors (Lipinski definition) is 4. The second-order valence-corrected chi connectivity index (χ2v) is 8.99. The van der Waals surface area contributed by atoms with Crippen molar-refractivity contribution in [2.75, 3.05) is 0 Å². The topological polar surface area (TPSA) is 88.3 Å². The number of carbonyl (C=O) groups is 1. The zero-order valence-corrected chi connectivity index (χ0v) is 17.9. The maximum absolute atomic E-state index is 13.0. The molecule has 0 aliphatic rings. The largest absolute Gasteiger partial charge is 0.457 e. The Morgan fingerprint density at radius 3 is 2.35 bits per heavy atom. The van der Waals surface area contributed by atoms with Crippen LogP contribution in [0.1, 0.15) is 10.5 Å². The molecule has 4 rings (SSSR count).